The maximum atomic E-state index is 10.9. The second-order valence-electron chi connectivity index (χ2n) is 3.52. The maximum Gasteiger partial charge on any atom is 0.304 e. The van der Waals surface area contributed by atoms with E-state index in [4.69, 9.17) is 0 Å². The number of phenols is 1. The van der Waals surface area contributed by atoms with Crippen LogP contribution < -0.4 is 10.2 Å². The molecule has 0 bridgehead atoms. The molecule has 0 amide bonds. The second-order valence-corrected chi connectivity index (χ2v) is 5.22. The highest BCUT2D eigenvalue weighted by Gasteiger charge is 2.04. The lowest BCUT2D eigenvalue weighted by Gasteiger charge is -2.06. The fourth-order valence-corrected chi connectivity index (χ4v) is 2.42. The molecule has 1 aromatic heterocycles. The van der Waals surface area contributed by atoms with Crippen molar-refractivity contribution in [2.75, 3.05) is 0 Å². The quantitative estimate of drug-likeness (QED) is 0.810. The van der Waals surface area contributed by atoms with Crippen molar-refractivity contribution in [3.8, 4) is 5.75 Å². The zero-order chi connectivity index (χ0) is 12.3. The van der Waals surface area contributed by atoms with Crippen molar-refractivity contribution in [1.82, 2.24) is 10.3 Å². The van der Waals surface area contributed by atoms with Gasteiger partial charge in [0, 0.05) is 29.7 Å². The fourth-order valence-electron chi connectivity index (χ4n) is 1.44. The first-order valence-corrected chi connectivity index (χ1v) is 6.68. The van der Waals surface area contributed by atoms with E-state index in [1.165, 1.54) is 0 Å². The molecule has 3 N–H and O–H groups in total. The van der Waals surface area contributed by atoms with Crippen LogP contribution in [0.1, 0.15) is 11.3 Å². The van der Waals surface area contributed by atoms with E-state index in [0.29, 0.717) is 17.6 Å². The molecule has 4 nitrogen and oxygen atoms in total. The van der Waals surface area contributed by atoms with Crippen LogP contribution in [0.5, 0.6) is 5.75 Å². The average Bonchev–Trinajstić information content (AvgIpc) is 2.70. The monoisotopic (exact) mass is 314 g/mol. The molecule has 2 rings (SSSR count). The summed E-state index contributed by atoms with van der Waals surface area (Å²) in [5, 5.41) is 14.7. The third-order valence-corrected chi connectivity index (χ3v) is 3.63. The van der Waals surface area contributed by atoms with Gasteiger partial charge < -0.3 is 15.4 Å². The van der Waals surface area contributed by atoms with Gasteiger partial charge in [0.2, 0.25) is 0 Å². The van der Waals surface area contributed by atoms with Gasteiger partial charge in [-0.25, -0.2) is 0 Å². The minimum atomic E-state index is -0.0490. The number of rotatable bonds is 4. The van der Waals surface area contributed by atoms with Gasteiger partial charge in [0.05, 0.1) is 4.47 Å². The molecule has 0 atom stereocenters. The first-order valence-electron chi connectivity index (χ1n) is 5.00. The number of aromatic hydroxyl groups is 1. The third-order valence-electron chi connectivity index (χ3n) is 2.27. The smallest absolute Gasteiger partial charge is 0.304 e. The number of halogens is 1. The molecule has 90 valence electrons. The summed E-state index contributed by atoms with van der Waals surface area (Å²) >= 11 is 4.41. The molecule has 0 unspecified atom stereocenters. The molecule has 2 aromatic rings. The molecule has 0 aliphatic heterocycles. The van der Waals surface area contributed by atoms with Crippen LogP contribution in [0.3, 0.4) is 0 Å². The van der Waals surface area contributed by atoms with E-state index in [0.717, 1.165) is 22.6 Å². The Hall–Kier alpha value is -1.11. The molecule has 6 heteroatoms. The number of nitrogens with one attached hydrogen (secondary N) is 2. The highest BCUT2D eigenvalue weighted by molar-refractivity contribution is 9.10. The van der Waals surface area contributed by atoms with Crippen LogP contribution >= 0.6 is 27.3 Å². The minimum Gasteiger partial charge on any atom is -0.506 e. The Morgan fingerprint density at radius 2 is 2.24 bits per heavy atom. The number of benzene rings is 1. The molecule has 0 aliphatic rings. The van der Waals surface area contributed by atoms with E-state index in [9.17, 15) is 9.90 Å². The van der Waals surface area contributed by atoms with Gasteiger partial charge in [0.1, 0.15) is 5.75 Å². The number of phenolic OH excluding ortho intramolecular Hbond substituents is 1. The standard InChI is InChI=1S/C11H11BrN2O2S/c12-9-3-1-2-7(10(9)15)4-13-5-8-6-17-11(16)14-8/h1-3,6,13,15H,4-5H2,(H,14,16). The Morgan fingerprint density at radius 1 is 1.41 bits per heavy atom. The molecule has 1 heterocycles. The van der Waals surface area contributed by atoms with Gasteiger partial charge in [-0.15, -0.1) is 0 Å². The molecule has 1 aromatic carbocycles. The van der Waals surface area contributed by atoms with Gasteiger partial charge >= 0.3 is 4.87 Å². The lowest BCUT2D eigenvalue weighted by Crippen LogP contribution is -2.13. The number of thiazole rings is 1. The van der Waals surface area contributed by atoms with Gasteiger partial charge in [0.25, 0.3) is 0 Å². The summed E-state index contributed by atoms with van der Waals surface area (Å²) in [4.78, 5) is 13.6. The van der Waals surface area contributed by atoms with E-state index in [-0.39, 0.29) is 10.6 Å². The molecular formula is C11H11BrN2O2S. The van der Waals surface area contributed by atoms with Crippen LogP contribution in [-0.4, -0.2) is 10.1 Å². The highest BCUT2D eigenvalue weighted by atomic mass is 79.9. The number of hydrogen-bond donors (Lipinski definition) is 3. The molecule has 0 aliphatic carbocycles. The van der Waals surface area contributed by atoms with E-state index in [1.54, 1.807) is 11.4 Å². The Bertz CT molecular complexity index is 565. The van der Waals surface area contributed by atoms with Crippen molar-refractivity contribution in [3.05, 3.63) is 49.0 Å². The van der Waals surface area contributed by atoms with Crippen molar-refractivity contribution in [2.24, 2.45) is 0 Å². The molecular weight excluding hydrogens is 304 g/mol. The lowest BCUT2D eigenvalue weighted by molar-refractivity contribution is 0.461. The van der Waals surface area contributed by atoms with Crippen LogP contribution in [0.2, 0.25) is 0 Å². The average molecular weight is 315 g/mol. The Balaban J connectivity index is 1.94. The first kappa shape index (κ1) is 12.3. The second kappa shape index (κ2) is 5.48. The van der Waals surface area contributed by atoms with Crippen LogP contribution in [0.25, 0.3) is 0 Å². The maximum absolute atomic E-state index is 10.9. The molecule has 0 spiro atoms. The molecule has 0 saturated carbocycles. The Morgan fingerprint density at radius 3 is 2.94 bits per heavy atom. The van der Waals surface area contributed by atoms with Gasteiger partial charge in [-0.1, -0.05) is 23.5 Å². The van der Waals surface area contributed by atoms with Crippen LogP contribution in [-0.2, 0) is 13.1 Å². The van der Waals surface area contributed by atoms with Gasteiger partial charge in [-0.05, 0) is 22.0 Å². The SMILES string of the molecule is O=c1[nH]c(CNCc2cccc(Br)c2O)cs1. The number of aromatic nitrogens is 1. The van der Waals surface area contributed by atoms with E-state index in [1.807, 2.05) is 12.1 Å². The molecule has 0 saturated heterocycles. The van der Waals surface area contributed by atoms with E-state index < -0.39 is 0 Å². The summed E-state index contributed by atoms with van der Waals surface area (Å²) < 4.78 is 0.681. The van der Waals surface area contributed by atoms with Crippen LogP contribution in [0.4, 0.5) is 0 Å². The number of aromatic amines is 1. The molecule has 0 radical (unpaired) electrons. The van der Waals surface area contributed by atoms with Crippen molar-refractivity contribution >= 4 is 27.3 Å². The van der Waals surface area contributed by atoms with Gasteiger partial charge in [-0.3, -0.25) is 4.79 Å². The third kappa shape index (κ3) is 3.18. The zero-order valence-corrected chi connectivity index (χ0v) is 11.3. The van der Waals surface area contributed by atoms with E-state index in [2.05, 4.69) is 26.2 Å². The van der Waals surface area contributed by atoms with Crippen molar-refractivity contribution < 1.29 is 5.11 Å². The highest BCUT2D eigenvalue weighted by Crippen LogP contribution is 2.27. The van der Waals surface area contributed by atoms with Crippen molar-refractivity contribution in [1.29, 1.82) is 0 Å². The summed E-state index contributed by atoms with van der Waals surface area (Å²) in [6, 6.07) is 5.51. The molecule has 0 fully saturated rings. The van der Waals surface area contributed by atoms with Crippen molar-refractivity contribution in [3.63, 3.8) is 0 Å². The van der Waals surface area contributed by atoms with E-state index >= 15 is 0 Å². The molecule has 17 heavy (non-hydrogen) atoms. The van der Waals surface area contributed by atoms with Crippen LogP contribution in [0, 0.1) is 0 Å². The Labute approximate surface area is 110 Å². The minimum absolute atomic E-state index is 0.0490. The first-order chi connectivity index (χ1) is 8.16. The summed E-state index contributed by atoms with van der Waals surface area (Å²) in [5.41, 5.74) is 1.67. The fraction of sp³-hybridized carbons (Fsp3) is 0.182. The predicted octanol–water partition coefficient (Wildman–Crippen LogP) is 2.19. The zero-order valence-electron chi connectivity index (χ0n) is 8.87. The summed E-state index contributed by atoms with van der Waals surface area (Å²) in [5.74, 6) is 0.249. The predicted molar refractivity (Wildman–Crippen MR) is 71.3 cm³/mol. The Kier molecular flexibility index (Phi) is 3.98. The van der Waals surface area contributed by atoms with Crippen LogP contribution in [0.15, 0.2) is 32.8 Å². The number of H-pyrrole nitrogens is 1. The topological polar surface area (TPSA) is 65.1 Å². The number of para-hydroxylation sites is 1. The summed E-state index contributed by atoms with van der Waals surface area (Å²) in [6.45, 7) is 1.12. The summed E-state index contributed by atoms with van der Waals surface area (Å²) in [6.07, 6.45) is 0. The largest absolute Gasteiger partial charge is 0.506 e. The normalized spacial score (nSPS) is 10.6. The van der Waals surface area contributed by atoms with Gasteiger partial charge in [-0.2, -0.15) is 0 Å². The van der Waals surface area contributed by atoms with Crippen molar-refractivity contribution in [2.45, 2.75) is 13.1 Å². The lowest BCUT2D eigenvalue weighted by atomic mass is 10.2. The van der Waals surface area contributed by atoms with Gasteiger partial charge in [0.15, 0.2) is 0 Å². The summed E-state index contributed by atoms with van der Waals surface area (Å²) in [7, 11) is 0. The number of hydrogen-bond acceptors (Lipinski definition) is 4.